The van der Waals surface area contributed by atoms with Crippen LogP contribution >= 0.6 is 23.2 Å². The zero-order valence-electron chi connectivity index (χ0n) is 16.3. The summed E-state index contributed by atoms with van der Waals surface area (Å²) in [4.78, 5) is 0. The first-order chi connectivity index (χ1) is 15.6. The number of aromatic nitrogens is 4. The van der Waals surface area contributed by atoms with Crippen LogP contribution in [0.5, 0.6) is 0 Å². The molecule has 5 aromatic rings. The highest BCUT2D eigenvalue weighted by Crippen LogP contribution is 2.27. The van der Waals surface area contributed by atoms with Crippen molar-refractivity contribution in [3.8, 4) is 22.9 Å². The van der Waals surface area contributed by atoms with Crippen LogP contribution in [0, 0.1) is 0 Å². The number of nitrogens with one attached hydrogen (secondary N) is 2. The van der Waals surface area contributed by atoms with Crippen LogP contribution in [0.4, 0.5) is 23.4 Å². The van der Waals surface area contributed by atoms with Crippen molar-refractivity contribution in [3.05, 3.63) is 82.8 Å². The molecule has 10 heteroatoms. The van der Waals surface area contributed by atoms with Gasteiger partial charge in [-0.3, -0.25) is 0 Å². The van der Waals surface area contributed by atoms with Crippen LogP contribution in [-0.4, -0.2) is 20.4 Å². The Morgan fingerprint density at radius 2 is 0.875 bits per heavy atom. The van der Waals surface area contributed by atoms with Gasteiger partial charge < -0.3 is 19.5 Å². The van der Waals surface area contributed by atoms with Crippen LogP contribution in [0.3, 0.4) is 0 Å². The Labute approximate surface area is 192 Å². The van der Waals surface area contributed by atoms with E-state index in [2.05, 4.69) is 31.0 Å². The Balaban J connectivity index is 1.27. The molecule has 0 spiro atoms. The monoisotopic (exact) mass is 464 g/mol. The first-order valence-corrected chi connectivity index (χ1v) is 10.2. The van der Waals surface area contributed by atoms with Crippen molar-refractivity contribution in [2.45, 2.75) is 0 Å². The zero-order valence-corrected chi connectivity index (χ0v) is 17.8. The first-order valence-electron chi connectivity index (χ1n) is 9.45. The van der Waals surface area contributed by atoms with Crippen LogP contribution in [0.1, 0.15) is 0 Å². The van der Waals surface area contributed by atoms with Crippen molar-refractivity contribution < 1.29 is 8.83 Å². The van der Waals surface area contributed by atoms with Gasteiger partial charge in [0.15, 0.2) is 0 Å². The lowest BCUT2D eigenvalue weighted by molar-refractivity contribution is 0.585. The van der Waals surface area contributed by atoms with Crippen molar-refractivity contribution in [2.24, 2.45) is 0 Å². The van der Waals surface area contributed by atoms with Crippen LogP contribution < -0.4 is 10.6 Å². The van der Waals surface area contributed by atoms with Crippen LogP contribution in [0.15, 0.2) is 81.6 Å². The van der Waals surface area contributed by atoms with E-state index in [1.807, 2.05) is 48.5 Å². The molecule has 0 saturated carbocycles. The van der Waals surface area contributed by atoms with E-state index >= 15 is 0 Å². The summed E-state index contributed by atoms with van der Waals surface area (Å²) in [5.41, 5.74) is 3.09. The number of rotatable bonds is 6. The van der Waals surface area contributed by atoms with Crippen molar-refractivity contribution in [1.82, 2.24) is 20.4 Å². The fraction of sp³-hybridized carbons (Fsp3) is 0. The van der Waals surface area contributed by atoms with Gasteiger partial charge in [-0.25, -0.2) is 0 Å². The molecule has 0 aliphatic heterocycles. The minimum absolute atomic E-state index is 0.279. The summed E-state index contributed by atoms with van der Waals surface area (Å²) >= 11 is 11.8. The highest BCUT2D eigenvalue weighted by Gasteiger charge is 2.12. The van der Waals surface area contributed by atoms with Gasteiger partial charge in [-0.15, -0.1) is 10.2 Å². The molecule has 2 heterocycles. The summed E-state index contributed by atoms with van der Waals surface area (Å²) < 4.78 is 11.4. The predicted octanol–water partition coefficient (Wildman–Crippen LogP) is 6.58. The summed E-state index contributed by atoms with van der Waals surface area (Å²) in [5, 5.41) is 23.6. The van der Waals surface area contributed by atoms with Crippen molar-refractivity contribution in [2.75, 3.05) is 10.6 Å². The van der Waals surface area contributed by atoms with E-state index in [0.717, 1.165) is 22.5 Å². The molecule has 3 aromatic carbocycles. The molecule has 0 aliphatic rings. The molecule has 2 N–H and O–H groups in total. The number of anilines is 4. The average molecular weight is 465 g/mol. The lowest BCUT2D eigenvalue weighted by atomic mass is 10.1. The third-order valence-corrected chi connectivity index (χ3v) is 4.92. The van der Waals surface area contributed by atoms with Gasteiger partial charge in [-0.1, -0.05) is 33.4 Å². The van der Waals surface area contributed by atoms with Gasteiger partial charge in [0.05, 0.1) is 0 Å². The molecule has 0 atom stereocenters. The number of halogens is 2. The normalized spacial score (nSPS) is 10.8. The Morgan fingerprint density at radius 3 is 1.25 bits per heavy atom. The lowest BCUT2D eigenvalue weighted by Gasteiger charge is -2.01. The van der Waals surface area contributed by atoms with Gasteiger partial charge >= 0.3 is 12.0 Å². The summed E-state index contributed by atoms with van der Waals surface area (Å²) in [5.74, 6) is 0.757. The third kappa shape index (κ3) is 4.56. The average Bonchev–Trinajstić information content (AvgIpc) is 3.47. The van der Waals surface area contributed by atoms with Gasteiger partial charge in [0.2, 0.25) is 11.8 Å². The van der Waals surface area contributed by atoms with Gasteiger partial charge in [0.25, 0.3) is 0 Å². The molecule has 0 aliphatic carbocycles. The third-order valence-electron chi connectivity index (χ3n) is 4.42. The quantitative estimate of drug-likeness (QED) is 0.290. The second kappa shape index (κ2) is 8.70. The van der Waals surface area contributed by atoms with Crippen LogP contribution in [0.2, 0.25) is 10.0 Å². The molecular weight excluding hydrogens is 451 g/mol. The second-order valence-corrected chi connectivity index (χ2v) is 7.54. The topological polar surface area (TPSA) is 102 Å². The molecule has 0 fully saturated rings. The molecule has 32 heavy (non-hydrogen) atoms. The molecule has 0 amide bonds. The molecule has 0 saturated heterocycles. The lowest BCUT2D eigenvalue weighted by Crippen LogP contribution is -1.89. The van der Waals surface area contributed by atoms with Crippen LogP contribution in [-0.2, 0) is 0 Å². The highest BCUT2D eigenvalue weighted by atomic mass is 35.5. The van der Waals surface area contributed by atoms with Crippen molar-refractivity contribution in [1.29, 1.82) is 0 Å². The van der Waals surface area contributed by atoms with Crippen LogP contribution in [0.25, 0.3) is 22.9 Å². The van der Waals surface area contributed by atoms with Gasteiger partial charge in [0, 0.05) is 32.5 Å². The minimum atomic E-state index is 0.279. The highest BCUT2D eigenvalue weighted by molar-refractivity contribution is 6.30. The van der Waals surface area contributed by atoms with Gasteiger partial charge in [0.1, 0.15) is 0 Å². The number of nitrogens with zero attached hydrogens (tertiary/aromatic N) is 4. The van der Waals surface area contributed by atoms with E-state index in [9.17, 15) is 0 Å². The Morgan fingerprint density at radius 1 is 0.500 bits per heavy atom. The zero-order chi connectivity index (χ0) is 21.9. The van der Waals surface area contributed by atoms with E-state index in [-0.39, 0.29) is 12.0 Å². The Hall–Kier alpha value is -3.88. The van der Waals surface area contributed by atoms with E-state index < -0.39 is 0 Å². The largest absolute Gasteiger partial charge is 0.403 e. The van der Waals surface area contributed by atoms with E-state index in [1.165, 1.54) is 0 Å². The standard InChI is InChI=1S/C22H14Cl2N6O2/c23-15-5-9-17(10-6-15)25-21-29-27-19(31-21)13-1-2-14(4-3-13)20-28-30-22(32-20)26-18-11-7-16(24)8-12-18/h1-12H,(H,25,29)(H,26,30). The number of hydrogen-bond acceptors (Lipinski definition) is 8. The molecule has 2 aromatic heterocycles. The van der Waals surface area contributed by atoms with E-state index in [0.29, 0.717) is 21.8 Å². The van der Waals surface area contributed by atoms with E-state index in [1.54, 1.807) is 24.3 Å². The molecule has 0 unspecified atom stereocenters. The molecule has 158 valence electrons. The summed E-state index contributed by atoms with van der Waals surface area (Å²) in [6.45, 7) is 0. The van der Waals surface area contributed by atoms with Crippen molar-refractivity contribution in [3.63, 3.8) is 0 Å². The molecule has 0 bridgehead atoms. The van der Waals surface area contributed by atoms with Crippen molar-refractivity contribution >= 4 is 46.6 Å². The summed E-state index contributed by atoms with van der Waals surface area (Å²) in [6, 6.07) is 22.3. The molecule has 0 radical (unpaired) electrons. The maximum Gasteiger partial charge on any atom is 0.320 e. The summed E-state index contributed by atoms with van der Waals surface area (Å²) in [7, 11) is 0. The molecule has 5 rings (SSSR count). The fourth-order valence-electron chi connectivity index (χ4n) is 2.85. The van der Waals surface area contributed by atoms with E-state index in [4.69, 9.17) is 32.0 Å². The summed E-state index contributed by atoms with van der Waals surface area (Å²) in [6.07, 6.45) is 0. The predicted molar refractivity (Wildman–Crippen MR) is 122 cm³/mol. The second-order valence-electron chi connectivity index (χ2n) is 6.67. The Kier molecular flexibility index (Phi) is 5.45. The SMILES string of the molecule is Clc1ccc(Nc2nnc(-c3ccc(-c4nnc(Nc5ccc(Cl)cc5)o4)cc3)o2)cc1. The maximum atomic E-state index is 5.90. The number of benzene rings is 3. The first kappa shape index (κ1) is 20.0. The fourth-order valence-corrected chi connectivity index (χ4v) is 3.10. The molecule has 8 nitrogen and oxygen atoms in total. The van der Waals surface area contributed by atoms with Gasteiger partial charge in [-0.2, -0.15) is 0 Å². The minimum Gasteiger partial charge on any atom is -0.403 e. The maximum absolute atomic E-state index is 5.90. The molecular formula is C22H14Cl2N6O2. The Bertz CT molecular complexity index is 1230. The smallest absolute Gasteiger partial charge is 0.320 e. The number of hydrogen-bond donors (Lipinski definition) is 2. The van der Waals surface area contributed by atoms with Gasteiger partial charge in [-0.05, 0) is 72.8 Å².